The number of hydrogen-bond donors (Lipinski definition) is 0. The third-order valence-corrected chi connectivity index (χ3v) is 5.07. The van der Waals surface area contributed by atoms with E-state index in [4.69, 9.17) is 4.74 Å². The summed E-state index contributed by atoms with van der Waals surface area (Å²) in [7, 11) is 0. The number of Topliss-reactive ketones (excluding diaryl/α,β-unsaturated/α-hetero) is 1. The molecule has 1 amide bonds. The Kier molecular flexibility index (Phi) is 6.82. The lowest BCUT2D eigenvalue weighted by Gasteiger charge is -2.34. The Morgan fingerprint density at radius 2 is 1.71 bits per heavy atom. The highest BCUT2D eigenvalue weighted by atomic mass is 16.5. The molecule has 148 valence electrons. The molecule has 0 atom stereocenters. The molecule has 0 radical (unpaired) electrons. The minimum absolute atomic E-state index is 0.00363. The molecule has 0 bridgehead atoms. The summed E-state index contributed by atoms with van der Waals surface area (Å²) >= 11 is 0. The molecule has 0 aromatic heterocycles. The number of benzene rings is 2. The molecule has 28 heavy (non-hydrogen) atoms. The largest absolute Gasteiger partial charge is 0.484 e. The van der Waals surface area contributed by atoms with E-state index >= 15 is 0 Å². The normalized spacial score (nSPS) is 14.7. The van der Waals surface area contributed by atoms with Gasteiger partial charge in [0.1, 0.15) is 5.75 Å². The van der Waals surface area contributed by atoms with Crippen LogP contribution in [0.1, 0.15) is 34.8 Å². The molecular formula is C23H28N2O3. The Hall–Kier alpha value is -2.66. The highest BCUT2D eigenvalue weighted by Gasteiger charge is 2.21. The summed E-state index contributed by atoms with van der Waals surface area (Å²) in [6.07, 6.45) is 0.481. The number of rotatable bonds is 7. The van der Waals surface area contributed by atoms with E-state index in [0.29, 0.717) is 17.7 Å². The van der Waals surface area contributed by atoms with Gasteiger partial charge in [0.2, 0.25) is 0 Å². The molecule has 1 fully saturated rings. The Labute approximate surface area is 166 Å². The van der Waals surface area contributed by atoms with Gasteiger partial charge in [0.15, 0.2) is 12.4 Å². The Bertz CT molecular complexity index is 809. The van der Waals surface area contributed by atoms with Gasteiger partial charge < -0.3 is 9.64 Å². The van der Waals surface area contributed by atoms with Crippen molar-refractivity contribution in [3.05, 3.63) is 65.2 Å². The molecule has 1 heterocycles. The maximum atomic E-state index is 12.4. The van der Waals surface area contributed by atoms with E-state index in [2.05, 4.69) is 36.1 Å². The van der Waals surface area contributed by atoms with Crippen LogP contribution < -0.4 is 4.74 Å². The van der Waals surface area contributed by atoms with Crippen molar-refractivity contribution in [2.45, 2.75) is 26.8 Å². The number of piperazine rings is 1. The smallest absolute Gasteiger partial charge is 0.260 e. The monoisotopic (exact) mass is 380 g/mol. The zero-order chi connectivity index (χ0) is 19.9. The number of ketones is 1. The van der Waals surface area contributed by atoms with Gasteiger partial charge in [0.25, 0.3) is 5.91 Å². The number of nitrogens with zero attached hydrogens (tertiary/aromatic N) is 2. The minimum Gasteiger partial charge on any atom is -0.484 e. The standard InChI is InChI=1S/C23H28N2O3/c1-3-22(26)20-7-9-21(10-8-20)28-17-23(27)25-13-11-24(12-14-25)16-19-6-4-5-18(2)15-19/h4-10,15H,3,11-14,16-17H2,1-2H3. The summed E-state index contributed by atoms with van der Waals surface area (Å²) in [5.41, 5.74) is 3.26. The first-order valence-corrected chi connectivity index (χ1v) is 9.87. The third kappa shape index (κ3) is 5.42. The van der Waals surface area contributed by atoms with Crippen LogP contribution >= 0.6 is 0 Å². The fourth-order valence-electron chi connectivity index (χ4n) is 3.40. The maximum absolute atomic E-state index is 12.4. The second-order valence-corrected chi connectivity index (χ2v) is 7.24. The van der Waals surface area contributed by atoms with Crippen molar-refractivity contribution in [2.75, 3.05) is 32.8 Å². The number of carbonyl (C=O) groups is 2. The Morgan fingerprint density at radius 3 is 2.36 bits per heavy atom. The third-order valence-electron chi connectivity index (χ3n) is 5.07. The van der Waals surface area contributed by atoms with Crippen molar-refractivity contribution in [2.24, 2.45) is 0 Å². The van der Waals surface area contributed by atoms with E-state index in [-0.39, 0.29) is 18.3 Å². The lowest BCUT2D eigenvalue weighted by molar-refractivity contribution is -0.135. The molecule has 5 heteroatoms. The van der Waals surface area contributed by atoms with Gasteiger partial charge >= 0.3 is 0 Å². The number of amides is 1. The Balaban J connectivity index is 1.43. The second kappa shape index (κ2) is 9.51. The van der Waals surface area contributed by atoms with E-state index < -0.39 is 0 Å². The van der Waals surface area contributed by atoms with Crippen molar-refractivity contribution < 1.29 is 14.3 Å². The van der Waals surface area contributed by atoms with Gasteiger partial charge in [-0.1, -0.05) is 36.8 Å². The molecule has 2 aromatic rings. The molecule has 3 rings (SSSR count). The van der Waals surface area contributed by atoms with E-state index in [1.54, 1.807) is 24.3 Å². The van der Waals surface area contributed by atoms with Crippen molar-refractivity contribution in [1.29, 1.82) is 0 Å². The molecule has 0 saturated carbocycles. The molecule has 1 aliphatic heterocycles. The number of carbonyl (C=O) groups excluding carboxylic acids is 2. The average molecular weight is 380 g/mol. The van der Waals surface area contributed by atoms with E-state index in [1.165, 1.54) is 11.1 Å². The number of hydrogen-bond acceptors (Lipinski definition) is 4. The number of aryl methyl sites for hydroxylation is 1. The van der Waals surface area contributed by atoms with Crippen molar-refractivity contribution in [3.63, 3.8) is 0 Å². The van der Waals surface area contributed by atoms with Crippen molar-refractivity contribution >= 4 is 11.7 Å². The SMILES string of the molecule is CCC(=O)c1ccc(OCC(=O)N2CCN(Cc3cccc(C)c3)CC2)cc1. The summed E-state index contributed by atoms with van der Waals surface area (Å²) in [5, 5.41) is 0. The average Bonchev–Trinajstić information content (AvgIpc) is 2.72. The molecule has 5 nitrogen and oxygen atoms in total. The highest BCUT2D eigenvalue weighted by Crippen LogP contribution is 2.14. The molecule has 1 saturated heterocycles. The lowest BCUT2D eigenvalue weighted by Crippen LogP contribution is -2.49. The molecule has 0 N–H and O–H groups in total. The van der Waals surface area contributed by atoms with Gasteiger partial charge in [-0.15, -0.1) is 0 Å². The summed E-state index contributed by atoms with van der Waals surface area (Å²) in [6.45, 7) is 8.07. The first-order valence-electron chi connectivity index (χ1n) is 9.87. The fraction of sp³-hybridized carbons (Fsp3) is 0.391. The summed E-state index contributed by atoms with van der Waals surface area (Å²) in [5.74, 6) is 0.717. The van der Waals surface area contributed by atoms with Gasteiger partial charge in [0.05, 0.1) is 0 Å². The van der Waals surface area contributed by atoms with Crippen LogP contribution in [0.15, 0.2) is 48.5 Å². The van der Waals surface area contributed by atoms with Gasteiger partial charge in [-0.3, -0.25) is 14.5 Å². The zero-order valence-corrected chi connectivity index (χ0v) is 16.7. The zero-order valence-electron chi connectivity index (χ0n) is 16.7. The molecule has 0 unspecified atom stereocenters. The predicted octanol–water partition coefficient (Wildman–Crippen LogP) is 3.31. The number of ether oxygens (including phenoxy) is 1. The molecular weight excluding hydrogens is 352 g/mol. The highest BCUT2D eigenvalue weighted by molar-refractivity contribution is 5.95. The van der Waals surface area contributed by atoms with Gasteiger partial charge in [0, 0.05) is 44.7 Å². The van der Waals surface area contributed by atoms with Crippen LogP contribution in [-0.2, 0) is 11.3 Å². The molecule has 1 aliphatic rings. The van der Waals surface area contributed by atoms with Crippen molar-refractivity contribution in [1.82, 2.24) is 9.80 Å². The summed E-state index contributed by atoms with van der Waals surface area (Å²) < 4.78 is 5.61. The van der Waals surface area contributed by atoms with Crippen LogP contribution in [0.5, 0.6) is 5.75 Å². The predicted molar refractivity (Wildman–Crippen MR) is 110 cm³/mol. The molecule has 0 spiro atoms. The fourth-order valence-corrected chi connectivity index (χ4v) is 3.40. The first kappa shape index (κ1) is 20.1. The topological polar surface area (TPSA) is 49.9 Å². The van der Waals surface area contributed by atoms with Gasteiger partial charge in [-0.05, 0) is 36.8 Å². The van der Waals surface area contributed by atoms with Gasteiger partial charge in [-0.2, -0.15) is 0 Å². The van der Waals surface area contributed by atoms with Crippen LogP contribution in [0.2, 0.25) is 0 Å². The molecule has 0 aliphatic carbocycles. The second-order valence-electron chi connectivity index (χ2n) is 7.24. The minimum atomic E-state index is 0.00363. The quantitative estimate of drug-likeness (QED) is 0.692. The first-order chi connectivity index (χ1) is 13.5. The van der Waals surface area contributed by atoms with E-state index in [0.717, 1.165) is 32.7 Å². The van der Waals surface area contributed by atoms with Crippen LogP contribution in [0, 0.1) is 6.92 Å². The Morgan fingerprint density at radius 1 is 1.00 bits per heavy atom. The summed E-state index contributed by atoms with van der Waals surface area (Å²) in [4.78, 5) is 28.3. The molecule has 2 aromatic carbocycles. The maximum Gasteiger partial charge on any atom is 0.260 e. The van der Waals surface area contributed by atoms with Crippen LogP contribution in [0.3, 0.4) is 0 Å². The van der Waals surface area contributed by atoms with Crippen LogP contribution in [-0.4, -0.2) is 54.3 Å². The lowest BCUT2D eigenvalue weighted by atomic mass is 10.1. The summed E-state index contributed by atoms with van der Waals surface area (Å²) in [6, 6.07) is 15.5. The van der Waals surface area contributed by atoms with E-state index in [1.807, 2.05) is 11.8 Å². The van der Waals surface area contributed by atoms with Crippen LogP contribution in [0.25, 0.3) is 0 Å². The van der Waals surface area contributed by atoms with E-state index in [9.17, 15) is 9.59 Å². The van der Waals surface area contributed by atoms with Gasteiger partial charge in [-0.25, -0.2) is 0 Å². The van der Waals surface area contributed by atoms with Crippen molar-refractivity contribution in [3.8, 4) is 5.75 Å². The van der Waals surface area contributed by atoms with Crippen LogP contribution in [0.4, 0.5) is 0 Å².